The predicted molar refractivity (Wildman–Crippen MR) is 162 cm³/mol. The molecule has 230 valence electrons. The van der Waals surface area contributed by atoms with E-state index in [-0.39, 0.29) is 27.9 Å². The number of imide groups is 1. The molecule has 3 aromatic rings. The van der Waals surface area contributed by atoms with Crippen LogP contribution in [0.1, 0.15) is 79.0 Å². The molecule has 3 rings (SSSR count). The van der Waals surface area contributed by atoms with Crippen LogP contribution in [0.4, 0.5) is 20.2 Å². The van der Waals surface area contributed by atoms with Crippen LogP contribution in [-0.4, -0.2) is 44.7 Å². The van der Waals surface area contributed by atoms with Gasteiger partial charge in [0.1, 0.15) is 45.0 Å². The van der Waals surface area contributed by atoms with Gasteiger partial charge in [-0.3, -0.25) is 4.57 Å². The summed E-state index contributed by atoms with van der Waals surface area (Å²) < 4.78 is 23.6. The number of carbonyl (C=O) groups excluding carboxylic acids is 3. The van der Waals surface area contributed by atoms with Gasteiger partial charge in [-0.25, -0.2) is 19.4 Å². The Balaban J connectivity index is 2.45. The normalized spacial score (nSPS) is 12.0. The predicted octanol–water partition coefficient (Wildman–Crippen LogP) is 8.16. The Labute approximate surface area is 256 Å². The lowest BCUT2D eigenvalue weighted by Crippen LogP contribution is -2.45. The van der Waals surface area contributed by atoms with Crippen molar-refractivity contribution in [3.05, 3.63) is 46.1 Å². The first-order valence-electron chi connectivity index (χ1n) is 13.5. The number of amides is 2. The average Bonchev–Trinajstić information content (AvgIpc) is 3.10. The third kappa shape index (κ3) is 7.76. The van der Waals surface area contributed by atoms with E-state index >= 15 is 0 Å². The Morgan fingerprint density at radius 3 is 1.88 bits per heavy atom. The molecule has 0 atom stereocenters. The van der Waals surface area contributed by atoms with Crippen LogP contribution in [0.15, 0.2) is 24.3 Å². The van der Waals surface area contributed by atoms with E-state index in [1.54, 1.807) is 94.4 Å². The standard InChI is InChI=1S/C31H37ClN4O7/c1-17-12-14-21(40-28(39)43-31(9,10)11)18(2)23(17)35-24-19(13-15-22(32)34-24)20(16-33)25(35)36(26(37)41-29(3,4)5)27(38)42-30(6,7)8/h12-15H,1-11H3. The fourth-order valence-electron chi connectivity index (χ4n) is 4.15. The molecular weight excluding hydrogens is 576 g/mol. The number of rotatable bonds is 3. The van der Waals surface area contributed by atoms with Crippen molar-refractivity contribution in [3.63, 3.8) is 0 Å². The minimum Gasteiger partial charge on any atom is -0.443 e. The average molecular weight is 613 g/mol. The highest BCUT2D eigenvalue weighted by Crippen LogP contribution is 2.40. The lowest BCUT2D eigenvalue weighted by molar-refractivity contribution is 0.0203. The summed E-state index contributed by atoms with van der Waals surface area (Å²) in [5.41, 5.74) is -1.29. The van der Waals surface area contributed by atoms with Crippen molar-refractivity contribution in [2.45, 2.75) is 93.0 Å². The highest BCUT2D eigenvalue weighted by Gasteiger charge is 2.39. The maximum Gasteiger partial charge on any atom is 0.514 e. The Kier molecular flexibility index (Phi) is 9.08. The molecular formula is C31H37ClN4O7. The van der Waals surface area contributed by atoms with Crippen LogP contribution in [0.2, 0.25) is 5.15 Å². The minimum absolute atomic E-state index is 0.0619. The number of benzene rings is 1. The zero-order valence-corrected chi connectivity index (χ0v) is 27.1. The highest BCUT2D eigenvalue weighted by molar-refractivity contribution is 6.29. The number of aryl methyl sites for hydroxylation is 1. The summed E-state index contributed by atoms with van der Waals surface area (Å²) in [5, 5.41) is 10.8. The molecule has 1 aromatic carbocycles. The second kappa shape index (κ2) is 11.8. The van der Waals surface area contributed by atoms with Crippen LogP contribution in [0.5, 0.6) is 5.75 Å². The molecule has 0 saturated carbocycles. The number of hydrogen-bond acceptors (Lipinski definition) is 9. The van der Waals surface area contributed by atoms with E-state index in [0.29, 0.717) is 27.1 Å². The van der Waals surface area contributed by atoms with E-state index in [2.05, 4.69) is 11.1 Å². The Morgan fingerprint density at radius 2 is 1.40 bits per heavy atom. The summed E-state index contributed by atoms with van der Waals surface area (Å²) in [6.45, 7) is 18.5. The Bertz CT molecular complexity index is 1610. The summed E-state index contributed by atoms with van der Waals surface area (Å²) in [7, 11) is 0. The first-order chi connectivity index (χ1) is 19.6. The number of halogens is 1. The van der Waals surface area contributed by atoms with Gasteiger partial charge >= 0.3 is 18.3 Å². The Hall–Kier alpha value is -4.30. The second-order valence-corrected chi connectivity index (χ2v) is 13.3. The molecule has 2 amide bonds. The van der Waals surface area contributed by atoms with Gasteiger partial charge in [0.2, 0.25) is 0 Å². The first kappa shape index (κ1) is 33.2. The third-order valence-electron chi connectivity index (χ3n) is 5.62. The van der Waals surface area contributed by atoms with Crippen molar-refractivity contribution < 1.29 is 33.3 Å². The van der Waals surface area contributed by atoms with E-state index in [9.17, 15) is 19.6 Å². The third-order valence-corrected chi connectivity index (χ3v) is 5.83. The number of nitrogens with zero attached hydrogens (tertiary/aromatic N) is 4. The number of fused-ring (bicyclic) bond motifs is 1. The topological polar surface area (TPSA) is 133 Å². The van der Waals surface area contributed by atoms with Crippen molar-refractivity contribution >= 4 is 46.8 Å². The van der Waals surface area contributed by atoms with Gasteiger partial charge in [-0.1, -0.05) is 17.7 Å². The quantitative estimate of drug-likeness (QED) is 0.124. The van der Waals surface area contributed by atoms with Crippen molar-refractivity contribution in [1.29, 1.82) is 5.26 Å². The molecule has 0 fully saturated rings. The molecule has 2 aromatic heterocycles. The molecule has 12 heteroatoms. The van der Waals surface area contributed by atoms with E-state index in [0.717, 1.165) is 0 Å². The lowest BCUT2D eigenvalue weighted by Gasteiger charge is -2.29. The Morgan fingerprint density at radius 1 is 0.860 bits per heavy atom. The van der Waals surface area contributed by atoms with Gasteiger partial charge in [0.15, 0.2) is 5.82 Å². The van der Waals surface area contributed by atoms with Crippen molar-refractivity contribution in [3.8, 4) is 17.5 Å². The van der Waals surface area contributed by atoms with Crippen LogP contribution in [-0.2, 0) is 14.2 Å². The van der Waals surface area contributed by atoms with E-state index in [4.69, 9.17) is 30.5 Å². The van der Waals surface area contributed by atoms with Crippen molar-refractivity contribution in [2.24, 2.45) is 0 Å². The van der Waals surface area contributed by atoms with Gasteiger partial charge in [-0.15, -0.1) is 0 Å². The van der Waals surface area contributed by atoms with Crippen LogP contribution >= 0.6 is 11.6 Å². The number of ether oxygens (including phenoxy) is 4. The van der Waals surface area contributed by atoms with E-state index in [1.165, 1.54) is 10.6 Å². The molecule has 0 bridgehead atoms. The zero-order chi connectivity index (χ0) is 32.7. The van der Waals surface area contributed by atoms with Gasteiger partial charge in [-0.05, 0) is 99.9 Å². The maximum absolute atomic E-state index is 13.7. The van der Waals surface area contributed by atoms with Gasteiger partial charge in [0.05, 0.1) is 5.69 Å². The molecule has 11 nitrogen and oxygen atoms in total. The maximum atomic E-state index is 13.7. The van der Waals surface area contributed by atoms with Crippen LogP contribution < -0.4 is 9.64 Å². The largest absolute Gasteiger partial charge is 0.514 e. The molecule has 0 unspecified atom stereocenters. The summed E-state index contributed by atoms with van der Waals surface area (Å²) in [5.74, 6) is -0.0411. The second-order valence-electron chi connectivity index (χ2n) is 12.9. The monoisotopic (exact) mass is 612 g/mol. The lowest BCUT2D eigenvalue weighted by atomic mass is 10.1. The number of hydrogen-bond donors (Lipinski definition) is 0. The molecule has 0 aliphatic heterocycles. The van der Waals surface area contributed by atoms with Crippen LogP contribution in [0, 0.1) is 25.2 Å². The number of anilines is 1. The molecule has 0 saturated heterocycles. The number of aromatic nitrogens is 2. The molecule has 0 spiro atoms. The molecule has 0 aliphatic carbocycles. The number of pyridine rings is 1. The van der Waals surface area contributed by atoms with Crippen molar-refractivity contribution in [2.75, 3.05) is 4.90 Å². The molecule has 0 radical (unpaired) electrons. The summed E-state index contributed by atoms with van der Waals surface area (Å²) in [6, 6.07) is 8.44. The first-order valence-corrected chi connectivity index (χ1v) is 13.9. The summed E-state index contributed by atoms with van der Waals surface area (Å²) >= 11 is 6.31. The van der Waals surface area contributed by atoms with Crippen LogP contribution in [0.3, 0.4) is 0 Å². The van der Waals surface area contributed by atoms with E-state index in [1.807, 2.05) is 0 Å². The number of carbonyl (C=O) groups is 3. The van der Waals surface area contributed by atoms with Crippen LogP contribution in [0.25, 0.3) is 16.7 Å². The minimum atomic E-state index is -1.08. The fourth-order valence-corrected chi connectivity index (χ4v) is 4.30. The molecule has 2 heterocycles. The van der Waals surface area contributed by atoms with E-state index < -0.39 is 35.1 Å². The van der Waals surface area contributed by atoms with Gasteiger partial charge < -0.3 is 18.9 Å². The summed E-state index contributed by atoms with van der Waals surface area (Å²) in [4.78, 5) is 45.2. The highest BCUT2D eigenvalue weighted by atomic mass is 35.5. The molecule has 0 aliphatic rings. The van der Waals surface area contributed by atoms with Gasteiger partial charge in [0, 0.05) is 10.9 Å². The molecule has 43 heavy (non-hydrogen) atoms. The summed E-state index contributed by atoms with van der Waals surface area (Å²) in [6.07, 6.45) is -3.08. The molecule has 0 N–H and O–H groups in total. The van der Waals surface area contributed by atoms with Gasteiger partial charge in [0.25, 0.3) is 0 Å². The SMILES string of the molecule is Cc1ccc(OC(=O)OC(C)(C)C)c(C)c1-n1c(N(C(=O)OC(C)(C)C)C(=O)OC(C)(C)C)c(C#N)c2ccc(Cl)nc21. The smallest absolute Gasteiger partial charge is 0.443 e. The zero-order valence-electron chi connectivity index (χ0n) is 26.3. The van der Waals surface area contributed by atoms with Crippen molar-refractivity contribution in [1.82, 2.24) is 9.55 Å². The van der Waals surface area contributed by atoms with Gasteiger partial charge in [-0.2, -0.15) is 10.2 Å². The number of nitriles is 1. The fraction of sp³-hybridized carbons (Fsp3) is 0.452.